The maximum Gasteiger partial charge on any atom is 0.217 e. The van der Waals surface area contributed by atoms with E-state index in [0.29, 0.717) is 0 Å². The molecule has 0 rings (SSSR count). The Morgan fingerprint density at radius 2 is 2.11 bits per heavy atom. The van der Waals surface area contributed by atoms with Crippen molar-refractivity contribution in [2.75, 3.05) is 6.66 Å². The van der Waals surface area contributed by atoms with Gasteiger partial charge in [0.15, 0.2) is 0 Å². The number of rotatable bonds is 3. The minimum absolute atomic E-state index is 0.179. The van der Waals surface area contributed by atoms with E-state index >= 15 is 0 Å². The highest BCUT2D eigenvalue weighted by Gasteiger charge is 2.19. The Labute approximate surface area is 57.8 Å². The van der Waals surface area contributed by atoms with Crippen LogP contribution in [0.5, 0.6) is 0 Å². The Bertz CT molecular complexity index is 120. The highest BCUT2D eigenvalue weighted by atomic mass is 31.1. The first-order valence-corrected chi connectivity index (χ1v) is 4.98. The molecule has 1 N–H and O–H groups in total. The van der Waals surface area contributed by atoms with E-state index in [9.17, 15) is 5.11 Å². The zero-order valence-electron chi connectivity index (χ0n) is 6.04. The van der Waals surface area contributed by atoms with Gasteiger partial charge in [0.2, 0.25) is 5.85 Å². The number of hydrogen-bond acceptors (Lipinski definition) is 1. The maximum atomic E-state index is 9.29. The van der Waals surface area contributed by atoms with Crippen molar-refractivity contribution in [2.24, 2.45) is 5.92 Å². The third kappa shape index (κ3) is 2.78. The molecule has 0 saturated heterocycles. The number of aliphatic hydroxyl groups excluding tert-OH is 1. The summed E-state index contributed by atoms with van der Waals surface area (Å²) < 4.78 is 0. The first kappa shape index (κ1) is 8.87. The molecule has 9 heavy (non-hydrogen) atoms. The van der Waals surface area contributed by atoms with Crippen molar-refractivity contribution >= 4 is 13.8 Å². The van der Waals surface area contributed by atoms with Gasteiger partial charge in [0.1, 0.15) is 7.55 Å². The zero-order valence-corrected chi connectivity index (χ0v) is 6.94. The van der Waals surface area contributed by atoms with Crippen molar-refractivity contribution in [3.8, 4) is 0 Å². The lowest BCUT2D eigenvalue weighted by molar-refractivity contribution is 0.222. The van der Waals surface area contributed by atoms with E-state index in [2.05, 4.69) is 12.9 Å². The van der Waals surface area contributed by atoms with Gasteiger partial charge in [0, 0.05) is 5.92 Å². The van der Waals surface area contributed by atoms with Crippen LogP contribution in [0.4, 0.5) is 0 Å². The first-order chi connectivity index (χ1) is 4.09. The van der Waals surface area contributed by atoms with Gasteiger partial charge in [-0.3, -0.25) is 0 Å². The normalized spacial score (nSPS) is 18.3. The predicted octanol–water partition coefficient (Wildman–Crippen LogP) is 1.67. The molecule has 0 aliphatic carbocycles. The zero-order chi connectivity index (χ0) is 7.44. The molecule has 0 aromatic heterocycles. The minimum Gasteiger partial charge on any atom is -0.353 e. The average molecular weight is 145 g/mol. The molecule has 0 aromatic rings. The number of aliphatic hydroxyl groups is 1. The van der Waals surface area contributed by atoms with E-state index in [1.165, 1.54) is 0 Å². The van der Waals surface area contributed by atoms with Gasteiger partial charge in [-0.25, -0.2) is 0 Å². The van der Waals surface area contributed by atoms with Crippen LogP contribution in [0.1, 0.15) is 6.92 Å². The lowest BCUT2D eigenvalue weighted by Gasteiger charge is -2.05. The van der Waals surface area contributed by atoms with E-state index in [4.69, 9.17) is 0 Å². The van der Waals surface area contributed by atoms with Crippen LogP contribution in [0.3, 0.4) is 0 Å². The second kappa shape index (κ2) is 3.81. The summed E-state index contributed by atoms with van der Waals surface area (Å²) in [5, 5.41) is 9.29. The molecule has 0 saturated carbocycles. The van der Waals surface area contributed by atoms with Crippen LogP contribution in [0.15, 0.2) is 12.7 Å². The molecule has 0 spiro atoms. The summed E-state index contributed by atoms with van der Waals surface area (Å²) in [6.07, 6.45) is 5.53. The SMILES string of the molecule is C=CC(C)C(O)[P+](=C)C. The monoisotopic (exact) mass is 145 g/mol. The third-order valence-electron chi connectivity index (χ3n) is 1.29. The number of hydrogen-bond donors (Lipinski definition) is 1. The lowest BCUT2D eigenvalue weighted by Crippen LogP contribution is -2.09. The fourth-order valence-corrected chi connectivity index (χ4v) is 1.45. The first-order valence-electron chi connectivity index (χ1n) is 2.93. The van der Waals surface area contributed by atoms with E-state index in [0.717, 1.165) is 0 Å². The van der Waals surface area contributed by atoms with E-state index in [1.54, 1.807) is 6.08 Å². The van der Waals surface area contributed by atoms with Gasteiger partial charge >= 0.3 is 0 Å². The Morgan fingerprint density at radius 3 is 2.22 bits per heavy atom. The molecule has 3 atom stereocenters. The van der Waals surface area contributed by atoms with Crippen molar-refractivity contribution < 1.29 is 5.11 Å². The van der Waals surface area contributed by atoms with Gasteiger partial charge in [-0.05, 0) is 0 Å². The second-order valence-electron chi connectivity index (χ2n) is 2.27. The molecule has 1 nitrogen and oxygen atoms in total. The smallest absolute Gasteiger partial charge is 0.217 e. The van der Waals surface area contributed by atoms with Gasteiger partial charge in [-0.1, -0.05) is 13.0 Å². The van der Waals surface area contributed by atoms with Gasteiger partial charge < -0.3 is 5.11 Å². The largest absolute Gasteiger partial charge is 0.353 e. The highest BCUT2D eigenvalue weighted by molar-refractivity contribution is 7.55. The summed E-state index contributed by atoms with van der Waals surface area (Å²) in [7, 11) is -0.473. The van der Waals surface area contributed by atoms with Crippen LogP contribution >= 0.6 is 7.55 Å². The van der Waals surface area contributed by atoms with Crippen molar-refractivity contribution in [3.05, 3.63) is 12.7 Å². The molecule has 0 aromatic carbocycles. The lowest BCUT2D eigenvalue weighted by atomic mass is 10.2. The molecule has 2 heteroatoms. The molecule has 0 aliphatic heterocycles. The standard InChI is InChI=1S/C7H14OP/c1-5-6(2)7(8)9(3)4/h5-8H,1,3H2,2,4H3/q+1. The Balaban J connectivity index is 3.86. The Morgan fingerprint density at radius 1 is 1.67 bits per heavy atom. The summed E-state index contributed by atoms with van der Waals surface area (Å²) in [5.41, 5.74) is 0. The quantitative estimate of drug-likeness (QED) is 0.473. The Hall–Kier alpha value is -0.130. The van der Waals surface area contributed by atoms with Crippen LogP contribution in [-0.4, -0.2) is 23.9 Å². The summed E-state index contributed by atoms with van der Waals surface area (Å²) in [6.45, 7) is 7.49. The summed E-state index contributed by atoms with van der Waals surface area (Å²) >= 11 is 0. The molecular formula is C7H14OP+. The van der Waals surface area contributed by atoms with Gasteiger partial charge in [0.25, 0.3) is 0 Å². The molecule has 0 aliphatic rings. The molecule has 0 bridgehead atoms. The molecule has 0 radical (unpaired) electrons. The van der Waals surface area contributed by atoms with Crippen molar-refractivity contribution in [1.29, 1.82) is 0 Å². The maximum absolute atomic E-state index is 9.29. The average Bonchev–Trinajstić information content (AvgIpc) is 1.84. The molecule has 0 amide bonds. The van der Waals surface area contributed by atoms with Gasteiger partial charge in [-0.2, -0.15) is 0 Å². The van der Waals surface area contributed by atoms with Crippen LogP contribution in [-0.2, 0) is 0 Å². The summed E-state index contributed by atoms with van der Waals surface area (Å²) in [5.74, 6) is -0.101. The van der Waals surface area contributed by atoms with Crippen LogP contribution < -0.4 is 0 Å². The third-order valence-corrected chi connectivity index (χ3v) is 2.67. The van der Waals surface area contributed by atoms with Crippen LogP contribution in [0, 0.1) is 5.92 Å². The fraction of sp³-hybridized carbons (Fsp3) is 0.571. The second-order valence-corrected chi connectivity index (χ2v) is 4.31. The molecule has 0 heterocycles. The molecule has 52 valence electrons. The van der Waals surface area contributed by atoms with Crippen molar-refractivity contribution in [3.63, 3.8) is 0 Å². The van der Waals surface area contributed by atoms with Crippen molar-refractivity contribution in [1.82, 2.24) is 0 Å². The molecule has 0 fully saturated rings. The van der Waals surface area contributed by atoms with Gasteiger partial charge in [0.05, 0.1) is 13.0 Å². The van der Waals surface area contributed by atoms with E-state index < -0.39 is 7.55 Å². The van der Waals surface area contributed by atoms with E-state index in [-0.39, 0.29) is 11.8 Å². The molecular weight excluding hydrogens is 131 g/mol. The minimum atomic E-state index is -0.473. The van der Waals surface area contributed by atoms with E-state index in [1.807, 2.05) is 13.6 Å². The Kier molecular flexibility index (Phi) is 3.76. The predicted molar refractivity (Wildman–Crippen MR) is 45.3 cm³/mol. The highest BCUT2D eigenvalue weighted by Crippen LogP contribution is 2.26. The van der Waals surface area contributed by atoms with Crippen LogP contribution in [0.2, 0.25) is 0 Å². The summed E-state index contributed by atoms with van der Waals surface area (Å²) in [6, 6.07) is 0. The van der Waals surface area contributed by atoms with Crippen LogP contribution in [0.25, 0.3) is 0 Å². The molecule has 3 unspecified atom stereocenters. The topological polar surface area (TPSA) is 20.2 Å². The van der Waals surface area contributed by atoms with Gasteiger partial charge in [-0.15, -0.1) is 6.58 Å². The fourth-order valence-electron chi connectivity index (χ4n) is 0.523. The van der Waals surface area contributed by atoms with Crippen molar-refractivity contribution in [2.45, 2.75) is 12.8 Å². The summed E-state index contributed by atoms with van der Waals surface area (Å²) in [4.78, 5) is 0.